The fourth-order valence-electron chi connectivity index (χ4n) is 0.754. The van der Waals surface area contributed by atoms with Crippen LogP contribution in [0.5, 0.6) is 0 Å². The van der Waals surface area contributed by atoms with Crippen molar-refractivity contribution in [3.63, 3.8) is 0 Å². The first-order valence-electron chi connectivity index (χ1n) is 3.52. The molecule has 0 rings (SSSR count). The fraction of sp³-hybridized carbons (Fsp3) is 0.714. The van der Waals surface area contributed by atoms with Crippen LogP contribution in [0, 0.1) is 0 Å². The van der Waals surface area contributed by atoms with Gasteiger partial charge in [0.2, 0.25) is 5.60 Å². The molecule has 0 aliphatic heterocycles. The standard InChI is InChI=1S/C7H12O5/c1-3-7(4-8,6(10)11)12-5(2)9/h8H,3-4H2,1-2H3,(H,10,11). The van der Waals surface area contributed by atoms with Crippen molar-refractivity contribution >= 4 is 11.9 Å². The van der Waals surface area contributed by atoms with Crippen molar-refractivity contribution in [1.82, 2.24) is 0 Å². The number of ether oxygens (including phenoxy) is 1. The van der Waals surface area contributed by atoms with Crippen molar-refractivity contribution < 1.29 is 24.5 Å². The Bertz CT molecular complexity index is 182. The van der Waals surface area contributed by atoms with Crippen LogP contribution in [0.1, 0.15) is 20.3 Å². The molecule has 12 heavy (non-hydrogen) atoms. The summed E-state index contributed by atoms with van der Waals surface area (Å²) in [5.74, 6) is -2.05. The largest absolute Gasteiger partial charge is 0.478 e. The summed E-state index contributed by atoms with van der Waals surface area (Å²) in [6.07, 6.45) is 0.0401. The lowest BCUT2D eigenvalue weighted by Crippen LogP contribution is -2.45. The van der Waals surface area contributed by atoms with Crippen LogP contribution in [0.3, 0.4) is 0 Å². The van der Waals surface area contributed by atoms with E-state index < -0.39 is 24.1 Å². The summed E-state index contributed by atoms with van der Waals surface area (Å²) in [5, 5.41) is 17.4. The van der Waals surface area contributed by atoms with Gasteiger partial charge in [-0.1, -0.05) is 6.92 Å². The van der Waals surface area contributed by atoms with Gasteiger partial charge in [-0.2, -0.15) is 0 Å². The number of aliphatic carboxylic acids is 1. The second-order valence-corrected chi connectivity index (χ2v) is 2.40. The third kappa shape index (κ3) is 2.20. The van der Waals surface area contributed by atoms with Gasteiger partial charge < -0.3 is 14.9 Å². The Kier molecular flexibility index (Phi) is 3.69. The average molecular weight is 176 g/mol. The lowest BCUT2D eigenvalue weighted by Gasteiger charge is -2.24. The quantitative estimate of drug-likeness (QED) is 0.578. The van der Waals surface area contributed by atoms with Gasteiger partial charge in [0.25, 0.3) is 0 Å². The molecule has 0 saturated carbocycles. The fourth-order valence-corrected chi connectivity index (χ4v) is 0.754. The Labute approximate surface area is 70.0 Å². The molecular weight excluding hydrogens is 164 g/mol. The van der Waals surface area contributed by atoms with Crippen LogP contribution in [-0.4, -0.2) is 34.4 Å². The molecule has 0 aromatic carbocycles. The number of aliphatic hydroxyl groups is 1. The SMILES string of the molecule is CCC(CO)(OC(C)=O)C(=O)O. The number of hydrogen-bond acceptors (Lipinski definition) is 4. The lowest BCUT2D eigenvalue weighted by atomic mass is 10.0. The van der Waals surface area contributed by atoms with Gasteiger partial charge in [0.1, 0.15) is 0 Å². The van der Waals surface area contributed by atoms with Gasteiger partial charge in [-0.05, 0) is 6.42 Å². The summed E-state index contributed by atoms with van der Waals surface area (Å²) in [6.45, 7) is 1.91. The molecule has 0 radical (unpaired) electrons. The Hall–Kier alpha value is -1.10. The Morgan fingerprint density at radius 1 is 1.50 bits per heavy atom. The van der Waals surface area contributed by atoms with E-state index in [1.54, 1.807) is 0 Å². The number of rotatable bonds is 4. The zero-order valence-electron chi connectivity index (χ0n) is 7.03. The van der Waals surface area contributed by atoms with E-state index in [4.69, 9.17) is 10.2 Å². The van der Waals surface area contributed by atoms with E-state index in [1.165, 1.54) is 6.92 Å². The zero-order chi connectivity index (χ0) is 9.78. The molecule has 1 unspecified atom stereocenters. The molecule has 0 spiro atoms. The molecule has 5 heteroatoms. The number of esters is 1. The van der Waals surface area contributed by atoms with Crippen LogP contribution in [0.2, 0.25) is 0 Å². The molecule has 0 aromatic rings. The number of aliphatic hydroxyl groups excluding tert-OH is 1. The molecule has 0 aliphatic rings. The maximum absolute atomic E-state index is 10.6. The van der Waals surface area contributed by atoms with Crippen molar-refractivity contribution in [3.05, 3.63) is 0 Å². The van der Waals surface area contributed by atoms with Gasteiger partial charge in [0.05, 0.1) is 6.61 Å². The van der Waals surface area contributed by atoms with E-state index in [1.807, 2.05) is 0 Å². The van der Waals surface area contributed by atoms with Crippen molar-refractivity contribution in [2.75, 3.05) is 6.61 Å². The first kappa shape index (κ1) is 10.9. The Morgan fingerprint density at radius 2 is 2.00 bits per heavy atom. The monoisotopic (exact) mass is 176 g/mol. The maximum atomic E-state index is 10.6. The van der Waals surface area contributed by atoms with Gasteiger partial charge in [-0.3, -0.25) is 4.79 Å². The molecule has 2 N–H and O–H groups in total. The van der Waals surface area contributed by atoms with Crippen molar-refractivity contribution in [2.45, 2.75) is 25.9 Å². The van der Waals surface area contributed by atoms with Crippen LogP contribution < -0.4 is 0 Å². The molecule has 0 aliphatic carbocycles. The third-order valence-corrected chi connectivity index (χ3v) is 1.56. The van der Waals surface area contributed by atoms with Crippen LogP contribution in [-0.2, 0) is 14.3 Å². The number of carbonyl (C=O) groups excluding carboxylic acids is 1. The van der Waals surface area contributed by atoms with Crippen LogP contribution >= 0.6 is 0 Å². The summed E-state index contributed by atoms with van der Waals surface area (Å²) in [6, 6.07) is 0. The molecule has 0 bridgehead atoms. The molecular formula is C7H12O5. The normalized spacial score (nSPS) is 14.9. The van der Waals surface area contributed by atoms with E-state index in [-0.39, 0.29) is 6.42 Å². The van der Waals surface area contributed by atoms with Crippen molar-refractivity contribution in [1.29, 1.82) is 0 Å². The highest BCUT2D eigenvalue weighted by molar-refractivity contribution is 5.81. The highest BCUT2D eigenvalue weighted by Crippen LogP contribution is 2.15. The molecule has 70 valence electrons. The summed E-state index contributed by atoms with van der Waals surface area (Å²) >= 11 is 0. The van der Waals surface area contributed by atoms with Crippen LogP contribution in [0.25, 0.3) is 0 Å². The average Bonchev–Trinajstić information content (AvgIpc) is 1.99. The zero-order valence-corrected chi connectivity index (χ0v) is 7.03. The molecule has 0 fully saturated rings. The highest BCUT2D eigenvalue weighted by Gasteiger charge is 2.39. The first-order valence-corrected chi connectivity index (χ1v) is 3.52. The van der Waals surface area contributed by atoms with Gasteiger partial charge in [0, 0.05) is 6.92 Å². The van der Waals surface area contributed by atoms with Gasteiger partial charge in [0.15, 0.2) is 0 Å². The number of carbonyl (C=O) groups is 2. The van der Waals surface area contributed by atoms with Crippen LogP contribution in [0.4, 0.5) is 0 Å². The molecule has 1 atom stereocenters. The molecule has 0 saturated heterocycles. The first-order chi connectivity index (χ1) is 5.48. The highest BCUT2D eigenvalue weighted by atomic mass is 16.6. The van der Waals surface area contributed by atoms with Crippen LogP contribution in [0.15, 0.2) is 0 Å². The minimum atomic E-state index is -1.77. The predicted octanol–water partition coefficient (Wildman–Crippen LogP) is -0.225. The summed E-state index contributed by atoms with van der Waals surface area (Å²) < 4.78 is 4.51. The number of carboxylic acid groups (broad SMARTS) is 1. The smallest absolute Gasteiger partial charge is 0.350 e. The Morgan fingerprint density at radius 3 is 2.08 bits per heavy atom. The van der Waals surface area contributed by atoms with E-state index >= 15 is 0 Å². The van der Waals surface area contributed by atoms with Crippen molar-refractivity contribution in [3.8, 4) is 0 Å². The predicted molar refractivity (Wildman–Crippen MR) is 39.5 cm³/mol. The van der Waals surface area contributed by atoms with E-state index in [0.717, 1.165) is 6.92 Å². The van der Waals surface area contributed by atoms with E-state index in [0.29, 0.717) is 0 Å². The molecule has 5 nitrogen and oxygen atoms in total. The van der Waals surface area contributed by atoms with Gasteiger partial charge >= 0.3 is 11.9 Å². The molecule has 0 amide bonds. The molecule has 0 heterocycles. The second-order valence-electron chi connectivity index (χ2n) is 2.40. The molecule has 0 aromatic heterocycles. The number of hydrogen-bond donors (Lipinski definition) is 2. The van der Waals surface area contributed by atoms with Crippen molar-refractivity contribution in [2.24, 2.45) is 0 Å². The summed E-state index contributed by atoms with van der Waals surface area (Å²) in [7, 11) is 0. The summed E-state index contributed by atoms with van der Waals surface area (Å²) in [5.41, 5.74) is -1.77. The van der Waals surface area contributed by atoms with E-state index in [9.17, 15) is 9.59 Å². The lowest BCUT2D eigenvalue weighted by molar-refractivity contribution is -0.182. The second kappa shape index (κ2) is 4.06. The number of carboxylic acids is 1. The summed E-state index contributed by atoms with van der Waals surface area (Å²) in [4.78, 5) is 21.1. The minimum absolute atomic E-state index is 0.0401. The third-order valence-electron chi connectivity index (χ3n) is 1.56. The van der Waals surface area contributed by atoms with E-state index in [2.05, 4.69) is 4.74 Å². The Balaban J connectivity index is 4.58. The minimum Gasteiger partial charge on any atom is -0.478 e. The van der Waals surface area contributed by atoms with Gasteiger partial charge in [-0.15, -0.1) is 0 Å². The topological polar surface area (TPSA) is 83.8 Å². The van der Waals surface area contributed by atoms with Gasteiger partial charge in [-0.25, -0.2) is 4.79 Å². The maximum Gasteiger partial charge on any atom is 0.350 e.